The van der Waals surface area contributed by atoms with E-state index in [0.717, 1.165) is 19.4 Å². The fourth-order valence-electron chi connectivity index (χ4n) is 2.06. The number of carbonyl (C=O) groups excluding carboxylic acids is 1. The number of hydrogen-bond donors (Lipinski definition) is 1. The average molecular weight is 251 g/mol. The monoisotopic (exact) mass is 251 g/mol. The Balaban J connectivity index is 2.05. The molecule has 1 fully saturated rings. The second-order valence-corrected chi connectivity index (χ2v) is 4.56. The van der Waals surface area contributed by atoms with Crippen LogP contribution in [0.1, 0.15) is 26.2 Å². The van der Waals surface area contributed by atoms with Gasteiger partial charge in [-0.15, -0.1) is 0 Å². The summed E-state index contributed by atoms with van der Waals surface area (Å²) >= 11 is 0. The van der Waals surface area contributed by atoms with Gasteiger partial charge in [0.05, 0.1) is 17.8 Å². The molecule has 0 aromatic carbocycles. The highest BCUT2D eigenvalue weighted by atomic mass is 16.4. The molecule has 0 unspecified atom stereocenters. The van der Waals surface area contributed by atoms with Gasteiger partial charge in [-0.05, 0) is 6.42 Å². The number of anilines is 1. The van der Waals surface area contributed by atoms with Gasteiger partial charge in [-0.2, -0.15) is 5.10 Å². The zero-order valence-electron chi connectivity index (χ0n) is 10.4. The van der Waals surface area contributed by atoms with Gasteiger partial charge in [0.2, 0.25) is 5.91 Å². The Morgan fingerprint density at radius 1 is 1.61 bits per heavy atom. The third-order valence-electron chi connectivity index (χ3n) is 3.15. The van der Waals surface area contributed by atoms with Crippen molar-refractivity contribution in [2.75, 3.05) is 11.4 Å². The lowest BCUT2D eigenvalue weighted by Gasteiger charge is -2.12. The summed E-state index contributed by atoms with van der Waals surface area (Å²) in [6.45, 7) is 3.17. The zero-order chi connectivity index (χ0) is 13.1. The molecule has 0 bridgehead atoms. The van der Waals surface area contributed by atoms with E-state index in [-0.39, 0.29) is 18.9 Å². The molecule has 0 aliphatic carbocycles. The first-order valence-corrected chi connectivity index (χ1v) is 6.17. The molecule has 1 atom stereocenters. The molecule has 1 aromatic heterocycles. The summed E-state index contributed by atoms with van der Waals surface area (Å²) < 4.78 is 1.79. The normalized spacial score (nSPS) is 19.5. The van der Waals surface area contributed by atoms with Gasteiger partial charge in [0.1, 0.15) is 0 Å². The number of aliphatic carboxylic acids is 1. The van der Waals surface area contributed by atoms with Crippen molar-refractivity contribution in [2.24, 2.45) is 5.92 Å². The van der Waals surface area contributed by atoms with Crippen LogP contribution in [0.4, 0.5) is 5.69 Å². The van der Waals surface area contributed by atoms with Crippen LogP contribution >= 0.6 is 0 Å². The highest BCUT2D eigenvalue weighted by Crippen LogP contribution is 2.24. The first-order chi connectivity index (χ1) is 8.61. The Morgan fingerprint density at radius 3 is 3.00 bits per heavy atom. The van der Waals surface area contributed by atoms with Crippen LogP contribution in [0.15, 0.2) is 12.4 Å². The van der Waals surface area contributed by atoms with Crippen molar-refractivity contribution in [1.82, 2.24) is 9.78 Å². The predicted molar refractivity (Wildman–Crippen MR) is 65.2 cm³/mol. The molecule has 1 amide bonds. The SMILES string of the molecule is CCCCn1cc(N2C[C@@H](C(=O)O)CC2=O)cn1. The summed E-state index contributed by atoms with van der Waals surface area (Å²) in [7, 11) is 0. The van der Waals surface area contributed by atoms with Gasteiger partial charge in [-0.3, -0.25) is 14.3 Å². The summed E-state index contributed by atoms with van der Waals surface area (Å²) in [5.74, 6) is -1.65. The number of carbonyl (C=O) groups is 2. The van der Waals surface area contributed by atoms with Gasteiger partial charge < -0.3 is 10.0 Å². The number of carboxylic acid groups (broad SMARTS) is 1. The van der Waals surface area contributed by atoms with E-state index in [9.17, 15) is 9.59 Å². The van der Waals surface area contributed by atoms with E-state index in [1.54, 1.807) is 17.1 Å². The van der Waals surface area contributed by atoms with Gasteiger partial charge in [-0.25, -0.2) is 0 Å². The maximum atomic E-state index is 11.7. The van der Waals surface area contributed by atoms with Crippen molar-refractivity contribution in [2.45, 2.75) is 32.7 Å². The Kier molecular flexibility index (Phi) is 3.64. The molecule has 98 valence electrons. The molecule has 0 radical (unpaired) electrons. The number of aromatic nitrogens is 2. The maximum absolute atomic E-state index is 11.7. The number of unbranched alkanes of at least 4 members (excludes halogenated alkanes) is 1. The van der Waals surface area contributed by atoms with Gasteiger partial charge in [-0.1, -0.05) is 13.3 Å². The van der Waals surface area contributed by atoms with Crippen LogP contribution in [0.2, 0.25) is 0 Å². The standard InChI is InChI=1S/C12H17N3O3/c1-2-3-4-14-8-10(6-13-14)15-7-9(12(17)18)5-11(15)16/h6,8-9H,2-5,7H2,1H3,(H,17,18)/t9-/m0/s1. The van der Waals surface area contributed by atoms with Crippen LogP contribution in [0, 0.1) is 5.92 Å². The molecule has 1 N–H and O–H groups in total. The molecule has 1 saturated heterocycles. The number of hydrogen-bond acceptors (Lipinski definition) is 3. The van der Waals surface area contributed by atoms with E-state index in [4.69, 9.17) is 5.11 Å². The third-order valence-corrected chi connectivity index (χ3v) is 3.15. The summed E-state index contributed by atoms with van der Waals surface area (Å²) in [6.07, 6.45) is 5.62. The van der Waals surface area contributed by atoms with Crippen molar-refractivity contribution in [3.8, 4) is 0 Å². The van der Waals surface area contributed by atoms with Gasteiger partial charge in [0.15, 0.2) is 0 Å². The Bertz CT molecular complexity index is 455. The van der Waals surface area contributed by atoms with Gasteiger partial charge in [0, 0.05) is 25.7 Å². The molecule has 18 heavy (non-hydrogen) atoms. The van der Waals surface area contributed by atoms with Crippen LogP contribution in [-0.2, 0) is 16.1 Å². The van der Waals surface area contributed by atoms with Crippen LogP contribution in [-0.4, -0.2) is 33.3 Å². The molecular formula is C12H17N3O3. The smallest absolute Gasteiger partial charge is 0.308 e. The maximum Gasteiger partial charge on any atom is 0.308 e. The molecular weight excluding hydrogens is 234 g/mol. The predicted octanol–water partition coefficient (Wildman–Crippen LogP) is 1.12. The summed E-state index contributed by atoms with van der Waals surface area (Å²) in [6, 6.07) is 0. The molecule has 6 heteroatoms. The van der Waals surface area contributed by atoms with Crippen LogP contribution < -0.4 is 4.90 Å². The number of carboxylic acids is 1. The first kappa shape index (κ1) is 12.6. The van der Waals surface area contributed by atoms with Gasteiger partial charge in [0.25, 0.3) is 0 Å². The van der Waals surface area contributed by atoms with Crippen LogP contribution in [0.5, 0.6) is 0 Å². The summed E-state index contributed by atoms with van der Waals surface area (Å²) in [4.78, 5) is 24.1. The van der Waals surface area contributed by atoms with Crippen LogP contribution in [0.25, 0.3) is 0 Å². The molecule has 1 aliphatic rings. The second kappa shape index (κ2) is 5.20. The molecule has 0 spiro atoms. The average Bonchev–Trinajstić information content (AvgIpc) is 2.92. The van der Waals surface area contributed by atoms with Crippen LogP contribution in [0.3, 0.4) is 0 Å². The minimum atomic E-state index is -0.913. The molecule has 1 aromatic rings. The summed E-state index contributed by atoms with van der Waals surface area (Å²) in [5, 5.41) is 13.1. The highest BCUT2D eigenvalue weighted by Gasteiger charge is 2.35. The van der Waals surface area contributed by atoms with E-state index in [1.165, 1.54) is 4.90 Å². The minimum Gasteiger partial charge on any atom is -0.481 e. The second-order valence-electron chi connectivity index (χ2n) is 4.56. The third kappa shape index (κ3) is 2.52. The van der Waals surface area contributed by atoms with E-state index < -0.39 is 11.9 Å². The first-order valence-electron chi connectivity index (χ1n) is 6.17. The fraction of sp³-hybridized carbons (Fsp3) is 0.583. The van der Waals surface area contributed by atoms with Crippen molar-refractivity contribution >= 4 is 17.6 Å². The Morgan fingerprint density at radius 2 is 2.39 bits per heavy atom. The van der Waals surface area contributed by atoms with E-state index in [2.05, 4.69) is 12.0 Å². The van der Waals surface area contributed by atoms with E-state index in [1.807, 2.05) is 0 Å². The Hall–Kier alpha value is -1.85. The largest absolute Gasteiger partial charge is 0.481 e. The number of nitrogens with zero attached hydrogens (tertiary/aromatic N) is 3. The number of amides is 1. The quantitative estimate of drug-likeness (QED) is 0.850. The molecule has 1 aliphatic heterocycles. The molecule has 2 heterocycles. The lowest BCUT2D eigenvalue weighted by Crippen LogP contribution is -2.25. The molecule has 0 saturated carbocycles. The summed E-state index contributed by atoms with van der Waals surface area (Å²) in [5.41, 5.74) is 0.694. The van der Waals surface area contributed by atoms with Crippen molar-refractivity contribution in [3.05, 3.63) is 12.4 Å². The fourth-order valence-corrected chi connectivity index (χ4v) is 2.06. The highest BCUT2D eigenvalue weighted by molar-refractivity contribution is 5.98. The van der Waals surface area contributed by atoms with E-state index >= 15 is 0 Å². The number of aryl methyl sites for hydroxylation is 1. The molecule has 6 nitrogen and oxygen atoms in total. The lowest BCUT2D eigenvalue weighted by atomic mass is 10.1. The topological polar surface area (TPSA) is 75.4 Å². The van der Waals surface area contributed by atoms with Crippen molar-refractivity contribution in [3.63, 3.8) is 0 Å². The van der Waals surface area contributed by atoms with Crippen molar-refractivity contribution < 1.29 is 14.7 Å². The zero-order valence-corrected chi connectivity index (χ0v) is 10.4. The number of rotatable bonds is 5. The van der Waals surface area contributed by atoms with E-state index in [0.29, 0.717) is 5.69 Å². The Labute approximate surface area is 105 Å². The molecule has 2 rings (SSSR count). The van der Waals surface area contributed by atoms with Gasteiger partial charge >= 0.3 is 5.97 Å². The van der Waals surface area contributed by atoms with Crippen molar-refractivity contribution in [1.29, 1.82) is 0 Å². The minimum absolute atomic E-state index is 0.0788. The lowest BCUT2D eigenvalue weighted by molar-refractivity contribution is -0.141.